The molecule has 2 aliphatic heterocycles. The Morgan fingerprint density at radius 3 is 3.06 bits per heavy atom. The molecule has 0 aromatic heterocycles. The van der Waals surface area contributed by atoms with Crippen LogP contribution in [-0.4, -0.2) is 38.4 Å². The summed E-state index contributed by atoms with van der Waals surface area (Å²) in [5.74, 6) is 0.430. The van der Waals surface area contributed by atoms with Gasteiger partial charge in [0.1, 0.15) is 6.04 Å². The first-order valence-corrected chi connectivity index (χ1v) is 6.22. The summed E-state index contributed by atoms with van der Waals surface area (Å²) in [5.41, 5.74) is 0. The standard InChI is InChI=1S/C12H21NO3/c1-15-12(14)11-7-9(8-13-11)6-10-4-2-3-5-16-10/h9-11,13H,2-8H2,1H3. The van der Waals surface area contributed by atoms with E-state index in [0.717, 1.165) is 26.0 Å². The van der Waals surface area contributed by atoms with Gasteiger partial charge in [-0.1, -0.05) is 0 Å². The maximum Gasteiger partial charge on any atom is 0.322 e. The smallest absolute Gasteiger partial charge is 0.322 e. The van der Waals surface area contributed by atoms with Crippen LogP contribution in [0.15, 0.2) is 0 Å². The molecule has 92 valence electrons. The van der Waals surface area contributed by atoms with Gasteiger partial charge in [-0.15, -0.1) is 0 Å². The fraction of sp³-hybridized carbons (Fsp3) is 0.917. The van der Waals surface area contributed by atoms with Crippen molar-refractivity contribution in [2.45, 2.75) is 44.2 Å². The number of nitrogens with one attached hydrogen (secondary N) is 1. The van der Waals surface area contributed by atoms with Gasteiger partial charge < -0.3 is 14.8 Å². The van der Waals surface area contributed by atoms with Crippen molar-refractivity contribution >= 4 is 5.97 Å². The van der Waals surface area contributed by atoms with Crippen LogP contribution in [0.4, 0.5) is 0 Å². The Morgan fingerprint density at radius 2 is 2.38 bits per heavy atom. The van der Waals surface area contributed by atoms with Crippen LogP contribution in [0.1, 0.15) is 32.1 Å². The van der Waals surface area contributed by atoms with Crippen LogP contribution in [-0.2, 0) is 14.3 Å². The van der Waals surface area contributed by atoms with E-state index in [4.69, 9.17) is 9.47 Å². The molecule has 3 atom stereocenters. The predicted molar refractivity (Wildman–Crippen MR) is 60.1 cm³/mol. The van der Waals surface area contributed by atoms with E-state index in [0.29, 0.717) is 12.0 Å². The maximum atomic E-state index is 11.3. The lowest BCUT2D eigenvalue weighted by Crippen LogP contribution is -2.31. The summed E-state index contributed by atoms with van der Waals surface area (Å²) in [6.45, 7) is 1.82. The Bertz CT molecular complexity index is 238. The second-order valence-corrected chi connectivity index (χ2v) is 4.81. The Hall–Kier alpha value is -0.610. The molecular formula is C12H21NO3. The molecular weight excluding hydrogens is 206 g/mol. The molecule has 4 heteroatoms. The van der Waals surface area contributed by atoms with Gasteiger partial charge in [0.05, 0.1) is 13.2 Å². The zero-order valence-corrected chi connectivity index (χ0v) is 9.91. The van der Waals surface area contributed by atoms with Crippen molar-refractivity contribution in [3.63, 3.8) is 0 Å². The van der Waals surface area contributed by atoms with Crippen molar-refractivity contribution in [2.75, 3.05) is 20.3 Å². The lowest BCUT2D eigenvalue weighted by molar-refractivity contribution is -0.142. The van der Waals surface area contributed by atoms with Gasteiger partial charge in [-0.05, 0) is 44.6 Å². The SMILES string of the molecule is COC(=O)C1CC(CC2CCCCO2)CN1. The van der Waals surface area contributed by atoms with Crippen molar-refractivity contribution in [3.05, 3.63) is 0 Å². The first-order chi connectivity index (χ1) is 7.79. The van der Waals surface area contributed by atoms with Crippen LogP contribution < -0.4 is 5.32 Å². The topological polar surface area (TPSA) is 47.6 Å². The minimum Gasteiger partial charge on any atom is -0.468 e. The number of hydrogen-bond donors (Lipinski definition) is 1. The van der Waals surface area contributed by atoms with E-state index in [1.165, 1.54) is 26.4 Å². The van der Waals surface area contributed by atoms with E-state index < -0.39 is 0 Å². The predicted octanol–water partition coefficient (Wildman–Crippen LogP) is 1.10. The second-order valence-electron chi connectivity index (χ2n) is 4.81. The summed E-state index contributed by atoms with van der Waals surface area (Å²) in [4.78, 5) is 11.3. The highest BCUT2D eigenvalue weighted by molar-refractivity contribution is 5.75. The van der Waals surface area contributed by atoms with E-state index in [-0.39, 0.29) is 12.0 Å². The minimum absolute atomic E-state index is 0.0985. The maximum absolute atomic E-state index is 11.3. The lowest BCUT2D eigenvalue weighted by atomic mass is 9.95. The van der Waals surface area contributed by atoms with Gasteiger partial charge in [0, 0.05) is 6.61 Å². The molecule has 2 heterocycles. The van der Waals surface area contributed by atoms with E-state index in [9.17, 15) is 4.79 Å². The molecule has 3 unspecified atom stereocenters. The average Bonchev–Trinajstić information content (AvgIpc) is 2.78. The van der Waals surface area contributed by atoms with Gasteiger partial charge in [-0.25, -0.2) is 0 Å². The Balaban J connectivity index is 1.73. The highest BCUT2D eigenvalue weighted by Crippen LogP contribution is 2.25. The minimum atomic E-state index is -0.132. The third kappa shape index (κ3) is 2.95. The van der Waals surface area contributed by atoms with Gasteiger partial charge in [-0.2, -0.15) is 0 Å². The van der Waals surface area contributed by atoms with Crippen molar-refractivity contribution < 1.29 is 14.3 Å². The summed E-state index contributed by atoms with van der Waals surface area (Å²) in [7, 11) is 1.45. The zero-order valence-electron chi connectivity index (χ0n) is 9.91. The Morgan fingerprint density at radius 1 is 1.50 bits per heavy atom. The molecule has 16 heavy (non-hydrogen) atoms. The molecule has 2 saturated heterocycles. The van der Waals surface area contributed by atoms with Crippen molar-refractivity contribution in [1.82, 2.24) is 5.32 Å². The summed E-state index contributed by atoms with van der Waals surface area (Å²) in [6, 6.07) is -0.0985. The fourth-order valence-electron chi connectivity index (χ4n) is 2.68. The molecule has 0 spiro atoms. The molecule has 4 nitrogen and oxygen atoms in total. The third-order valence-electron chi connectivity index (χ3n) is 3.58. The summed E-state index contributed by atoms with van der Waals surface area (Å²) in [5, 5.41) is 3.22. The Kier molecular flexibility index (Phi) is 4.18. The van der Waals surface area contributed by atoms with Crippen LogP contribution in [0.5, 0.6) is 0 Å². The summed E-state index contributed by atoms with van der Waals surface area (Å²) >= 11 is 0. The molecule has 2 aliphatic rings. The van der Waals surface area contributed by atoms with Crippen LogP contribution in [0.25, 0.3) is 0 Å². The molecule has 0 aromatic rings. The van der Waals surface area contributed by atoms with E-state index in [2.05, 4.69) is 5.32 Å². The van der Waals surface area contributed by atoms with Gasteiger partial charge in [0.2, 0.25) is 0 Å². The van der Waals surface area contributed by atoms with Gasteiger partial charge in [-0.3, -0.25) is 4.79 Å². The molecule has 1 N–H and O–H groups in total. The van der Waals surface area contributed by atoms with Gasteiger partial charge >= 0.3 is 5.97 Å². The number of esters is 1. The van der Waals surface area contributed by atoms with Gasteiger partial charge in [0.15, 0.2) is 0 Å². The molecule has 2 rings (SSSR count). The number of methoxy groups -OCH3 is 1. The number of rotatable bonds is 3. The lowest BCUT2D eigenvalue weighted by Gasteiger charge is -2.24. The number of carbonyl (C=O) groups is 1. The van der Waals surface area contributed by atoms with Crippen molar-refractivity contribution in [1.29, 1.82) is 0 Å². The quantitative estimate of drug-likeness (QED) is 0.733. The molecule has 0 aromatic carbocycles. The monoisotopic (exact) mass is 227 g/mol. The number of carbonyl (C=O) groups excluding carboxylic acids is 1. The normalized spacial score (nSPS) is 34.9. The largest absolute Gasteiger partial charge is 0.468 e. The summed E-state index contributed by atoms with van der Waals surface area (Å²) in [6.07, 6.45) is 6.05. The fourth-order valence-corrected chi connectivity index (χ4v) is 2.68. The van der Waals surface area contributed by atoms with Gasteiger partial charge in [0.25, 0.3) is 0 Å². The van der Waals surface area contributed by atoms with E-state index >= 15 is 0 Å². The first kappa shape index (κ1) is 11.9. The molecule has 0 radical (unpaired) electrons. The molecule has 0 bridgehead atoms. The van der Waals surface area contributed by atoms with Crippen LogP contribution in [0, 0.1) is 5.92 Å². The highest BCUT2D eigenvalue weighted by Gasteiger charge is 2.31. The zero-order chi connectivity index (χ0) is 11.4. The first-order valence-electron chi connectivity index (χ1n) is 6.22. The van der Waals surface area contributed by atoms with E-state index in [1.807, 2.05) is 0 Å². The van der Waals surface area contributed by atoms with Crippen LogP contribution >= 0.6 is 0 Å². The van der Waals surface area contributed by atoms with Crippen LogP contribution in [0.2, 0.25) is 0 Å². The molecule has 2 fully saturated rings. The summed E-state index contributed by atoms with van der Waals surface area (Å²) < 4.78 is 10.5. The highest BCUT2D eigenvalue weighted by atomic mass is 16.5. The third-order valence-corrected chi connectivity index (χ3v) is 3.58. The van der Waals surface area contributed by atoms with Crippen LogP contribution in [0.3, 0.4) is 0 Å². The number of hydrogen-bond acceptors (Lipinski definition) is 4. The average molecular weight is 227 g/mol. The Labute approximate surface area is 96.7 Å². The molecule has 0 saturated carbocycles. The second kappa shape index (κ2) is 5.64. The molecule has 0 aliphatic carbocycles. The number of ether oxygens (including phenoxy) is 2. The van der Waals surface area contributed by atoms with Crippen molar-refractivity contribution in [2.24, 2.45) is 5.92 Å². The van der Waals surface area contributed by atoms with E-state index in [1.54, 1.807) is 0 Å². The molecule has 0 amide bonds. The van der Waals surface area contributed by atoms with Crippen molar-refractivity contribution in [3.8, 4) is 0 Å².